The van der Waals surface area contributed by atoms with Gasteiger partial charge in [-0.05, 0) is 16.4 Å². The SMILES string of the molecule is CC(C)(C)C(Pc1ccccc1)C1C=CC=C1. The lowest BCUT2D eigenvalue weighted by atomic mass is 9.84. The first-order valence-corrected chi connectivity index (χ1v) is 7.32. The molecule has 0 fully saturated rings. The van der Waals surface area contributed by atoms with Crippen molar-refractivity contribution in [2.45, 2.75) is 26.4 Å². The van der Waals surface area contributed by atoms with Crippen LogP contribution in [0.1, 0.15) is 20.8 Å². The van der Waals surface area contributed by atoms with E-state index in [4.69, 9.17) is 0 Å². The summed E-state index contributed by atoms with van der Waals surface area (Å²) in [5.41, 5.74) is 1.04. The minimum atomic E-state index is 0.345. The lowest BCUT2D eigenvalue weighted by molar-refractivity contribution is 0.365. The monoisotopic (exact) mass is 244 g/mol. The maximum Gasteiger partial charge on any atom is 0.00260 e. The van der Waals surface area contributed by atoms with Crippen molar-refractivity contribution in [3.8, 4) is 0 Å². The second-order valence-electron chi connectivity index (χ2n) is 5.70. The molecule has 0 saturated heterocycles. The molecule has 0 saturated carbocycles. The van der Waals surface area contributed by atoms with Gasteiger partial charge in [0.05, 0.1) is 0 Å². The van der Waals surface area contributed by atoms with E-state index in [0.29, 0.717) is 17.0 Å². The zero-order chi connectivity index (χ0) is 12.3. The molecule has 90 valence electrons. The number of hydrogen-bond acceptors (Lipinski definition) is 0. The summed E-state index contributed by atoms with van der Waals surface area (Å²) in [7, 11) is 0.878. The Morgan fingerprint density at radius 1 is 1.00 bits per heavy atom. The van der Waals surface area contributed by atoms with E-state index in [1.54, 1.807) is 0 Å². The lowest BCUT2D eigenvalue weighted by Crippen LogP contribution is -2.29. The van der Waals surface area contributed by atoms with Gasteiger partial charge in [0.1, 0.15) is 0 Å². The molecule has 1 aliphatic carbocycles. The molecule has 0 radical (unpaired) electrons. The fraction of sp³-hybridized carbons (Fsp3) is 0.375. The molecule has 1 aromatic carbocycles. The summed E-state index contributed by atoms with van der Waals surface area (Å²) >= 11 is 0. The normalized spacial score (nSPS) is 18.3. The van der Waals surface area contributed by atoms with Gasteiger partial charge in [-0.1, -0.05) is 84.0 Å². The Labute approximate surface area is 107 Å². The van der Waals surface area contributed by atoms with Crippen molar-refractivity contribution < 1.29 is 0 Å². The zero-order valence-corrected chi connectivity index (χ0v) is 11.9. The van der Waals surface area contributed by atoms with E-state index in [-0.39, 0.29) is 0 Å². The highest BCUT2D eigenvalue weighted by molar-refractivity contribution is 7.48. The van der Waals surface area contributed by atoms with Crippen molar-refractivity contribution in [2.75, 3.05) is 0 Å². The molecule has 1 aliphatic rings. The molecule has 1 heteroatoms. The number of hydrogen-bond donors (Lipinski definition) is 0. The van der Waals surface area contributed by atoms with Gasteiger partial charge in [0.25, 0.3) is 0 Å². The van der Waals surface area contributed by atoms with Crippen LogP contribution in [-0.4, -0.2) is 5.66 Å². The van der Waals surface area contributed by atoms with Crippen LogP contribution in [0.15, 0.2) is 54.6 Å². The van der Waals surface area contributed by atoms with Crippen molar-refractivity contribution >= 4 is 13.9 Å². The fourth-order valence-electron chi connectivity index (χ4n) is 2.28. The van der Waals surface area contributed by atoms with Crippen LogP contribution in [0.2, 0.25) is 0 Å². The van der Waals surface area contributed by atoms with E-state index < -0.39 is 0 Å². The molecular formula is C16H21P. The van der Waals surface area contributed by atoms with E-state index >= 15 is 0 Å². The Balaban J connectivity index is 2.17. The maximum atomic E-state index is 2.35. The highest BCUT2D eigenvalue weighted by Gasteiger charge is 2.30. The Morgan fingerprint density at radius 3 is 2.12 bits per heavy atom. The molecule has 0 heterocycles. The first-order valence-electron chi connectivity index (χ1n) is 6.24. The van der Waals surface area contributed by atoms with Crippen LogP contribution in [0, 0.1) is 11.3 Å². The van der Waals surface area contributed by atoms with E-state index in [1.807, 2.05) is 0 Å². The topological polar surface area (TPSA) is 0 Å². The Hall–Kier alpha value is -0.870. The molecule has 2 atom stereocenters. The van der Waals surface area contributed by atoms with Crippen LogP contribution in [0.3, 0.4) is 0 Å². The first-order chi connectivity index (χ1) is 8.07. The smallest absolute Gasteiger partial charge is 0.00260 e. The van der Waals surface area contributed by atoms with Gasteiger partial charge in [0, 0.05) is 5.92 Å². The summed E-state index contributed by atoms with van der Waals surface area (Å²) in [5, 5.41) is 1.47. The van der Waals surface area contributed by atoms with Gasteiger partial charge in [-0.2, -0.15) is 0 Å². The number of benzene rings is 1. The fourth-order valence-corrected chi connectivity index (χ4v) is 3.87. The summed E-state index contributed by atoms with van der Waals surface area (Å²) in [6.07, 6.45) is 9.04. The summed E-state index contributed by atoms with van der Waals surface area (Å²) in [6, 6.07) is 10.9. The largest absolute Gasteiger partial charge is 0.0858 e. The summed E-state index contributed by atoms with van der Waals surface area (Å²) in [4.78, 5) is 0. The summed E-state index contributed by atoms with van der Waals surface area (Å²) in [6.45, 7) is 7.06. The average Bonchev–Trinajstić information content (AvgIpc) is 2.79. The molecule has 0 aromatic heterocycles. The third-order valence-corrected chi connectivity index (χ3v) is 5.42. The van der Waals surface area contributed by atoms with Gasteiger partial charge in [-0.25, -0.2) is 0 Å². The summed E-state index contributed by atoms with van der Waals surface area (Å²) in [5.74, 6) is 0.605. The van der Waals surface area contributed by atoms with E-state index in [1.165, 1.54) is 5.30 Å². The van der Waals surface area contributed by atoms with Crippen molar-refractivity contribution in [1.29, 1.82) is 0 Å². The molecule has 0 N–H and O–H groups in total. The van der Waals surface area contributed by atoms with Gasteiger partial charge in [0.15, 0.2) is 0 Å². The molecule has 17 heavy (non-hydrogen) atoms. The molecular weight excluding hydrogens is 223 g/mol. The molecule has 2 unspecified atom stereocenters. The van der Waals surface area contributed by atoms with Crippen molar-refractivity contribution in [3.63, 3.8) is 0 Å². The highest BCUT2D eigenvalue weighted by Crippen LogP contribution is 2.41. The van der Waals surface area contributed by atoms with Gasteiger partial charge in [0.2, 0.25) is 0 Å². The van der Waals surface area contributed by atoms with Crippen LogP contribution in [0.5, 0.6) is 0 Å². The minimum Gasteiger partial charge on any atom is -0.0858 e. The second-order valence-corrected chi connectivity index (χ2v) is 7.19. The van der Waals surface area contributed by atoms with Crippen LogP contribution in [0.4, 0.5) is 0 Å². The number of allylic oxidation sites excluding steroid dienone is 4. The van der Waals surface area contributed by atoms with Crippen molar-refractivity contribution in [1.82, 2.24) is 0 Å². The van der Waals surface area contributed by atoms with E-state index in [9.17, 15) is 0 Å². The van der Waals surface area contributed by atoms with Gasteiger partial charge in [-0.15, -0.1) is 0 Å². The standard InChI is InChI=1S/C16H21P/c1-16(2,3)15(13-9-7-8-10-13)17-14-11-5-4-6-12-14/h4-13,15,17H,1-3H3. The zero-order valence-electron chi connectivity index (χ0n) is 10.9. The third kappa shape index (κ3) is 3.30. The van der Waals surface area contributed by atoms with Gasteiger partial charge in [-0.3, -0.25) is 0 Å². The molecule has 1 aromatic rings. The van der Waals surface area contributed by atoms with Gasteiger partial charge >= 0.3 is 0 Å². The lowest BCUT2D eigenvalue weighted by Gasteiger charge is -2.34. The van der Waals surface area contributed by atoms with Crippen LogP contribution in [0.25, 0.3) is 0 Å². The van der Waals surface area contributed by atoms with Crippen LogP contribution < -0.4 is 5.30 Å². The molecule has 0 amide bonds. The predicted molar refractivity (Wildman–Crippen MR) is 79.4 cm³/mol. The Morgan fingerprint density at radius 2 is 1.59 bits per heavy atom. The Bertz CT molecular complexity index is 397. The first kappa shape index (κ1) is 12.6. The maximum absolute atomic E-state index is 2.35. The van der Waals surface area contributed by atoms with Crippen molar-refractivity contribution in [3.05, 3.63) is 54.6 Å². The molecule has 0 bridgehead atoms. The molecule has 2 rings (SSSR count). The van der Waals surface area contributed by atoms with Gasteiger partial charge < -0.3 is 0 Å². The van der Waals surface area contributed by atoms with E-state index in [2.05, 4.69) is 75.4 Å². The predicted octanol–water partition coefficient (Wildman–Crippen LogP) is 4.15. The van der Waals surface area contributed by atoms with Crippen molar-refractivity contribution in [2.24, 2.45) is 11.3 Å². The second kappa shape index (κ2) is 5.19. The molecule has 0 aliphatic heterocycles. The molecule has 0 nitrogen and oxygen atoms in total. The minimum absolute atomic E-state index is 0.345. The van der Waals surface area contributed by atoms with E-state index in [0.717, 1.165) is 8.58 Å². The average molecular weight is 244 g/mol. The highest BCUT2D eigenvalue weighted by atomic mass is 31.1. The Kier molecular flexibility index (Phi) is 3.84. The third-order valence-electron chi connectivity index (χ3n) is 3.19. The van der Waals surface area contributed by atoms with Crippen LogP contribution in [-0.2, 0) is 0 Å². The molecule has 0 spiro atoms. The number of rotatable bonds is 3. The summed E-state index contributed by atoms with van der Waals surface area (Å²) < 4.78 is 0. The van der Waals surface area contributed by atoms with Crippen LogP contribution >= 0.6 is 8.58 Å². The quantitative estimate of drug-likeness (QED) is 0.701.